The summed E-state index contributed by atoms with van der Waals surface area (Å²) >= 11 is 0. The van der Waals surface area contributed by atoms with Gasteiger partial charge in [-0.05, 0) is 25.8 Å². The highest BCUT2D eigenvalue weighted by atomic mass is 19.3. The van der Waals surface area contributed by atoms with E-state index in [0.29, 0.717) is 13.0 Å². The summed E-state index contributed by atoms with van der Waals surface area (Å²) in [5.41, 5.74) is 0. The molecule has 0 spiro atoms. The second-order valence-electron chi connectivity index (χ2n) is 4.74. The highest BCUT2D eigenvalue weighted by Gasteiger charge is 2.16. The van der Waals surface area contributed by atoms with Crippen molar-refractivity contribution in [3.63, 3.8) is 0 Å². The molecule has 0 aliphatic heterocycles. The smallest absolute Gasteiger partial charge is 0.261 e. The maximum atomic E-state index is 12.0. The Morgan fingerprint density at radius 2 is 2.15 bits per heavy atom. The Kier molecular flexibility index (Phi) is 8.37. The summed E-state index contributed by atoms with van der Waals surface area (Å²) in [4.78, 5) is 4.40. The van der Waals surface area contributed by atoms with Crippen molar-refractivity contribution < 1.29 is 13.5 Å². The molecule has 0 aromatic carbocycles. The standard InChI is InChI=1S/C14H25F2N3O/c1-3-6-17-12(5-10-20-11-13(15)16)14-18-7-9-19(14)8-4-2/h7,9,12-13,17H,3-6,8,10-11H2,1-2H3. The Labute approximate surface area is 119 Å². The van der Waals surface area contributed by atoms with Gasteiger partial charge >= 0.3 is 0 Å². The molecule has 0 bridgehead atoms. The lowest BCUT2D eigenvalue weighted by atomic mass is 10.2. The molecule has 1 rings (SSSR count). The van der Waals surface area contributed by atoms with Gasteiger partial charge in [0.2, 0.25) is 0 Å². The summed E-state index contributed by atoms with van der Waals surface area (Å²) in [5.74, 6) is 0.959. The second kappa shape index (κ2) is 9.83. The number of hydrogen-bond acceptors (Lipinski definition) is 3. The van der Waals surface area contributed by atoms with Crippen LogP contribution in [0.4, 0.5) is 8.78 Å². The molecule has 1 aromatic heterocycles. The summed E-state index contributed by atoms with van der Waals surface area (Å²) in [6.07, 6.45) is 4.03. The lowest BCUT2D eigenvalue weighted by molar-refractivity contribution is 0.0141. The number of halogens is 2. The van der Waals surface area contributed by atoms with Crippen LogP contribution >= 0.6 is 0 Å². The molecule has 0 saturated carbocycles. The number of aryl methyl sites for hydroxylation is 1. The molecule has 0 radical (unpaired) electrons. The Morgan fingerprint density at radius 1 is 1.35 bits per heavy atom. The van der Waals surface area contributed by atoms with Crippen LogP contribution in [0.1, 0.15) is 45.0 Å². The average molecular weight is 289 g/mol. The van der Waals surface area contributed by atoms with Crippen LogP contribution in [0, 0.1) is 0 Å². The van der Waals surface area contributed by atoms with Gasteiger partial charge in [0.05, 0.1) is 6.04 Å². The van der Waals surface area contributed by atoms with Gasteiger partial charge in [-0.2, -0.15) is 0 Å². The molecule has 1 heterocycles. The largest absolute Gasteiger partial charge is 0.375 e. The van der Waals surface area contributed by atoms with Crippen LogP contribution in [0.2, 0.25) is 0 Å². The topological polar surface area (TPSA) is 39.1 Å². The van der Waals surface area contributed by atoms with E-state index in [1.54, 1.807) is 6.20 Å². The molecule has 0 amide bonds. The van der Waals surface area contributed by atoms with Gasteiger partial charge in [-0.15, -0.1) is 0 Å². The quantitative estimate of drug-likeness (QED) is 0.637. The fraction of sp³-hybridized carbons (Fsp3) is 0.786. The molecule has 0 aliphatic rings. The van der Waals surface area contributed by atoms with E-state index in [4.69, 9.17) is 4.74 Å². The first-order valence-electron chi connectivity index (χ1n) is 7.29. The zero-order chi connectivity index (χ0) is 14.8. The number of ether oxygens (including phenoxy) is 1. The van der Waals surface area contributed by atoms with Gasteiger partial charge in [0, 0.05) is 25.5 Å². The van der Waals surface area contributed by atoms with E-state index in [1.165, 1.54) is 0 Å². The number of nitrogens with zero attached hydrogens (tertiary/aromatic N) is 2. The number of nitrogens with one attached hydrogen (secondary N) is 1. The SMILES string of the molecule is CCCNC(CCOCC(F)F)c1nccn1CCC. The van der Waals surface area contributed by atoms with Crippen molar-refractivity contribution in [2.24, 2.45) is 0 Å². The van der Waals surface area contributed by atoms with Gasteiger partial charge in [-0.1, -0.05) is 13.8 Å². The minimum absolute atomic E-state index is 0.0502. The number of hydrogen-bond donors (Lipinski definition) is 1. The van der Waals surface area contributed by atoms with E-state index in [9.17, 15) is 8.78 Å². The summed E-state index contributed by atoms with van der Waals surface area (Å²) < 4.78 is 31.2. The van der Waals surface area contributed by atoms with Gasteiger partial charge in [0.1, 0.15) is 12.4 Å². The third-order valence-electron chi connectivity index (χ3n) is 2.96. The van der Waals surface area contributed by atoms with E-state index in [2.05, 4.69) is 28.7 Å². The highest BCUT2D eigenvalue weighted by Crippen LogP contribution is 2.16. The number of aromatic nitrogens is 2. The van der Waals surface area contributed by atoms with Crippen LogP contribution in [0.5, 0.6) is 0 Å². The van der Waals surface area contributed by atoms with E-state index in [-0.39, 0.29) is 6.04 Å². The van der Waals surface area contributed by atoms with Crippen LogP contribution < -0.4 is 5.32 Å². The van der Waals surface area contributed by atoms with E-state index >= 15 is 0 Å². The molecule has 0 fully saturated rings. The predicted molar refractivity (Wildman–Crippen MR) is 75.0 cm³/mol. The number of imidazole rings is 1. The predicted octanol–water partition coefficient (Wildman–Crippen LogP) is 3.01. The third kappa shape index (κ3) is 5.96. The van der Waals surface area contributed by atoms with Crippen molar-refractivity contribution in [3.05, 3.63) is 18.2 Å². The van der Waals surface area contributed by atoms with Crippen LogP contribution in [0.3, 0.4) is 0 Å². The van der Waals surface area contributed by atoms with Crippen LogP contribution in [0.15, 0.2) is 12.4 Å². The Balaban J connectivity index is 2.55. The molecule has 0 aliphatic carbocycles. The van der Waals surface area contributed by atoms with Gasteiger partial charge in [0.15, 0.2) is 0 Å². The molecular weight excluding hydrogens is 264 g/mol. The second-order valence-corrected chi connectivity index (χ2v) is 4.74. The molecular formula is C14H25F2N3O. The van der Waals surface area contributed by atoms with Gasteiger partial charge in [0.25, 0.3) is 6.43 Å². The average Bonchev–Trinajstić information content (AvgIpc) is 2.86. The van der Waals surface area contributed by atoms with E-state index in [0.717, 1.165) is 31.8 Å². The lowest BCUT2D eigenvalue weighted by Crippen LogP contribution is -2.27. The third-order valence-corrected chi connectivity index (χ3v) is 2.96. The van der Waals surface area contributed by atoms with Crippen molar-refractivity contribution in [2.45, 2.75) is 52.1 Å². The zero-order valence-electron chi connectivity index (χ0n) is 12.3. The molecule has 0 saturated heterocycles. The molecule has 1 unspecified atom stereocenters. The lowest BCUT2D eigenvalue weighted by Gasteiger charge is -2.19. The minimum atomic E-state index is -2.40. The van der Waals surface area contributed by atoms with Gasteiger partial charge in [-0.25, -0.2) is 13.8 Å². The van der Waals surface area contributed by atoms with E-state index in [1.807, 2.05) is 6.20 Å². The monoisotopic (exact) mass is 289 g/mol. The summed E-state index contributed by atoms with van der Waals surface area (Å²) in [7, 11) is 0. The first-order chi connectivity index (χ1) is 9.69. The Hall–Kier alpha value is -1.01. The molecule has 6 heteroatoms. The number of rotatable bonds is 11. The Morgan fingerprint density at radius 3 is 2.80 bits per heavy atom. The molecule has 116 valence electrons. The Bertz CT molecular complexity index is 358. The van der Waals surface area contributed by atoms with Crippen molar-refractivity contribution in [1.82, 2.24) is 14.9 Å². The summed E-state index contributed by atoms with van der Waals surface area (Å²) in [6, 6.07) is 0.0502. The summed E-state index contributed by atoms with van der Waals surface area (Å²) in [5, 5.41) is 3.41. The van der Waals surface area contributed by atoms with E-state index < -0.39 is 13.0 Å². The van der Waals surface area contributed by atoms with Crippen molar-refractivity contribution in [1.29, 1.82) is 0 Å². The first kappa shape index (κ1) is 17.0. The molecule has 20 heavy (non-hydrogen) atoms. The molecule has 4 nitrogen and oxygen atoms in total. The fourth-order valence-corrected chi connectivity index (χ4v) is 2.08. The molecule has 1 aromatic rings. The first-order valence-corrected chi connectivity index (χ1v) is 7.29. The zero-order valence-corrected chi connectivity index (χ0v) is 12.3. The summed E-state index contributed by atoms with van der Waals surface area (Å²) in [6.45, 7) is 5.81. The maximum absolute atomic E-state index is 12.0. The van der Waals surface area contributed by atoms with Crippen LogP contribution in [-0.4, -0.2) is 35.7 Å². The maximum Gasteiger partial charge on any atom is 0.261 e. The van der Waals surface area contributed by atoms with Crippen molar-refractivity contribution >= 4 is 0 Å². The van der Waals surface area contributed by atoms with Crippen molar-refractivity contribution in [2.75, 3.05) is 19.8 Å². The molecule has 1 N–H and O–H groups in total. The normalized spacial score (nSPS) is 13.1. The highest BCUT2D eigenvalue weighted by molar-refractivity contribution is 4.99. The van der Waals surface area contributed by atoms with Gasteiger partial charge < -0.3 is 14.6 Å². The van der Waals surface area contributed by atoms with Crippen LogP contribution in [0.25, 0.3) is 0 Å². The molecule has 1 atom stereocenters. The van der Waals surface area contributed by atoms with Crippen LogP contribution in [-0.2, 0) is 11.3 Å². The van der Waals surface area contributed by atoms with Crippen molar-refractivity contribution in [3.8, 4) is 0 Å². The fourth-order valence-electron chi connectivity index (χ4n) is 2.08. The van der Waals surface area contributed by atoms with Gasteiger partial charge in [-0.3, -0.25) is 0 Å². The number of alkyl halides is 2. The minimum Gasteiger partial charge on any atom is -0.375 e.